The Bertz CT molecular complexity index is 689. The van der Waals surface area contributed by atoms with Gasteiger partial charge in [0.2, 0.25) is 5.91 Å². The number of carbonyl (C=O) groups is 2. The first-order chi connectivity index (χ1) is 11.1. The van der Waals surface area contributed by atoms with E-state index in [9.17, 15) is 14.0 Å². The van der Waals surface area contributed by atoms with Gasteiger partial charge in [-0.1, -0.05) is 18.2 Å². The maximum absolute atomic E-state index is 12.8. The first kappa shape index (κ1) is 16.3. The highest BCUT2D eigenvalue weighted by atomic mass is 19.1. The molecule has 3 N–H and O–H groups in total. The van der Waals surface area contributed by atoms with Gasteiger partial charge in [0.15, 0.2) is 0 Å². The van der Waals surface area contributed by atoms with Gasteiger partial charge >= 0.3 is 6.03 Å². The first-order valence-corrected chi connectivity index (χ1v) is 6.82. The SMILES string of the molecule is COc1ccccc1CC(=O)NNC(=O)Nc1ccc(F)cc1. The Morgan fingerprint density at radius 2 is 1.74 bits per heavy atom. The average Bonchev–Trinajstić information content (AvgIpc) is 2.55. The van der Waals surface area contributed by atoms with Crippen LogP contribution in [0.25, 0.3) is 0 Å². The number of carbonyl (C=O) groups excluding carboxylic acids is 2. The number of hydrogen-bond acceptors (Lipinski definition) is 3. The van der Waals surface area contributed by atoms with Crippen LogP contribution in [0.4, 0.5) is 14.9 Å². The van der Waals surface area contributed by atoms with Crippen LogP contribution in [0.2, 0.25) is 0 Å². The lowest BCUT2D eigenvalue weighted by Crippen LogP contribution is -2.44. The molecule has 7 heteroatoms. The largest absolute Gasteiger partial charge is 0.496 e. The molecule has 2 aromatic carbocycles. The van der Waals surface area contributed by atoms with Crippen LogP contribution in [-0.2, 0) is 11.2 Å². The third-order valence-electron chi connectivity index (χ3n) is 2.96. The molecule has 2 aromatic rings. The first-order valence-electron chi connectivity index (χ1n) is 6.82. The van der Waals surface area contributed by atoms with Crippen molar-refractivity contribution in [3.63, 3.8) is 0 Å². The van der Waals surface area contributed by atoms with Gasteiger partial charge in [0.05, 0.1) is 13.5 Å². The highest BCUT2D eigenvalue weighted by molar-refractivity contribution is 5.91. The average molecular weight is 317 g/mol. The van der Waals surface area contributed by atoms with Crippen LogP contribution in [-0.4, -0.2) is 19.0 Å². The fraction of sp³-hybridized carbons (Fsp3) is 0.125. The Morgan fingerprint density at radius 1 is 1.04 bits per heavy atom. The summed E-state index contributed by atoms with van der Waals surface area (Å²) in [5.74, 6) is -0.205. The zero-order valence-corrected chi connectivity index (χ0v) is 12.4. The summed E-state index contributed by atoms with van der Waals surface area (Å²) in [5.41, 5.74) is 5.61. The van der Waals surface area contributed by atoms with E-state index in [-0.39, 0.29) is 6.42 Å². The third kappa shape index (κ3) is 4.99. The molecule has 0 aliphatic rings. The summed E-state index contributed by atoms with van der Waals surface area (Å²) in [4.78, 5) is 23.4. The molecule has 0 atom stereocenters. The molecule has 0 aliphatic carbocycles. The summed E-state index contributed by atoms with van der Waals surface area (Å²) in [6.45, 7) is 0. The fourth-order valence-corrected chi connectivity index (χ4v) is 1.89. The van der Waals surface area contributed by atoms with Crippen LogP contribution in [0.15, 0.2) is 48.5 Å². The summed E-state index contributed by atoms with van der Waals surface area (Å²) in [7, 11) is 1.52. The molecular formula is C16H16FN3O3. The minimum absolute atomic E-state index is 0.0564. The van der Waals surface area contributed by atoms with E-state index in [1.807, 2.05) is 0 Å². The van der Waals surface area contributed by atoms with E-state index >= 15 is 0 Å². The molecule has 0 unspecified atom stereocenters. The second-order valence-corrected chi connectivity index (χ2v) is 4.62. The van der Waals surface area contributed by atoms with Gasteiger partial charge in [0.25, 0.3) is 0 Å². The molecule has 0 bridgehead atoms. The zero-order valence-electron chi connectivity index (χ0n) is 12.4. The van der Waals surface area contributed by atoms with E-state index in [2.05, 4.69) is 16.2 Å². The van der Waals surface area contributed by atoms with Crippen LogP contribution in [0.1, 0.15) is 5.56 Å². The van der Waals surface area contributed by atoms with Crippen molar-refractivity contribution in [1.29, 1.82) is 0 Å². The van der Waals surface area contributed by atoms with Gasteiger partial charge in [-0.15, -0.1) is 0 Å². The predicted molar refractivity (Wildman–Crippen MR) is 83.4 cm³/mol. The number of amides is 3. The highest BCUT2D eigenvalue weighted by Crippen LogP contribution is 2.17. The lowest BCUT2D eigenvalue weighted by Gasteiger charge is -2.10. The summed E-state index contributed by atoms with van der Waals surface area (Å²) < 4.78 is 17.9. The molecule has 120 valence electrons. The van der Waals surface area contributed by atoms with Crippen molar-refractivity contribution < 1.29 is 18.7 Å². The number of ether oxygens (including phenoxy) is 1. The van der Waals surface area contributed by atoms with Crippen molar-refractivity contribution in [2.45, 2.75) is 6.42 Å². The molecule has 0 radical (unpaired) electrons. The van der Waals surface area contributed by atoms with Gasteiger partial charge in [0.1, 0.15) is 11.6 Å². The topological polar surface area (TPSA) is 79.5 Å². The molecule has 0 fully saturated rings. The van der Waals surface area contributed by atoms with Crippen molar-refractivity contribution in [3.05, 3.63) is 59.9 Å². The predicted octanol–water partition coefficient (Wildman–Crippen LogP) is 2.23. The number of halogens is 1. The van der Waals surface area contributed by atoms with Crippen LogP contribution in [0.3, 0.4) is 0 Å². The highest BCUT2D eigenvalue weighted by Gasteiger charge is 2.09. The second kappa shape index (κ2) is 7.79. The van der Waals surface area contributed by atoms with Gasteiger partial charge in [-0.25, -0.2) is 14.6 Å². The number of hydrogen-bond donors (Lipinski definition) is 3. The van der Waals surface area contributed by atoms with Crippen molar-refractivity contribution in [1.82, 2.24) is 10.9 Å². The van der Waals surface area contributed by atoms with Crippen molar-refractivity contribution in [2.24, 2.45) is 0 Å². The monoisotopic (exact) mass is 317 g/mol. The Morgan fingerprint density at radius 3 is 2.43 bits per heavy atom. The van der Waals surface area contributed by atoms with E-state index in [1.165, 1.54) is 31.4 Å². The van der Waals surface area contributed by atoms with E-state index in [4.69, 9.17) is 4.74 Å². The van der Waals surface area contributed by atoms with Crippen LogP contribution >= 0.6 is 0 Å². The maximum Gasteiger partial charge on any atom is 0.337 e. The maximum atomic E-state index is 12.8. The van der Waals surface area contributed by atoms with E-state index in [1.54, 1.807) is 24.3 Å². The molecule has 0 aliphatic heterocycles. The number of benzene rings is 2. The van der Waals surface area contributed by atoms with Gasteiger partial charge in [-0.2, -0.15) is 0 Å². The number of rotatable bonds is 4. The summed E-state index contributed by atoms with van der Waals surface area (Å²) >= 11 is 0. The summed E-state index contributed by atoms with van der Waals surface area (Å²) in [6, 6.07) is 11.7. The molecule has 0 aromatic heterocycles. The normalized spacial score (nSPS) is 9.83. The quantitative estimate of drug-likeness (QED) is 0.757. The third-order valence-corrected chi connectivity index (χ3v) is 2.96. The zero-order chi connectivity index (χ0) is 16.7. The van der Waals surface area contributed by atoms with Gasteiger partial charge < -0.3 is 10.1 Å². The van der Waals surface area contributed by atoms with Crippen LogP contribution in [0.5, 0.6) is 5.75 Å². The number of para-hydroxylation sites is 1. The molecule has 0 saturated heterocycles. The second-order valence-electron chi connectivity index (χ2n) is 4.62. The van der Waals surface area contributed by atoms with Crippen LogP contribution < -0.4 is 20.9 Å². The number of anilines is 1. The Kier molecular flexibility index (Phi) is 5.51. The van der Waals surface area contributed by atoms with Gasteiger partial charge in [-0.05, 0) is 30.3 Å². The van der Waals surface area contributed by atoms with Gasteiger partial charge in [-0.3, -0.25) is 10.2 Å². The minimum atomic E-state index is -0.634. The lowest BCUT2D eigenvalue weighted by atomic mass is 10.1. The summed E-state index contributed by atoms with van der Waals surface area (Å²) in [5, 5.41) is 2.45. The molecule has 6 nitrogen and oxygen atoms in total. The molecule has 0 spiro atoms. The number of nitrogens with one attached hydrogen (secondary N) is 3. The fourth-order valence-electron chi connectivity index (χ4n) is 1.89. The van der Waals surface area contributed by atoms with E-state index < -0.39 is 17.8 Å². The minimum Gasteiger partial charge on any atom is -0.496 e. The van der Waals surface area contributed by atoms with Crippen LogP contribution in [0, 0.1) is 5.82 Å². The number of urea groups is 1. The molecular weight excluding hydrogens is 301 g/mol. The molecule has 0 heterocycles. The Balaban J connectivity index is 1.82. The summed E-state index contributed by atoms with van der Waals surface area (Å²) in [6.07, 6.45) is 0.0564. The standard InChI is InChI=1S/C16H16FN3O3/c1-23-14-5-3-2-4-11(14)10-15(21)19-20-16(22)18-13-8-6-12(17)7-9-13/h2-9H,10H2,1H3,(H,19,21)(H2,18,20,22). The smallest absolute Gasteiger partial charge is 0.337 e. The Hall–Kier alpha value is -3.09. The lowest BCUT2D eigenvalue weighted by molar-refractivity contribution is -0.121. The van der Waals surface area contributed by atoms with E-state index in [0.717, 1.165) is 0 Å². The Labute approximate surface area is 132 Å². The van der Waals surface area contributed by atoms with Gasteiger partial charge in [0, 0.05) is 11.3 Å². The van der Waals surface area contributed by atoms with Crippen molar-refractivity contribution in [3.8, 4) is 5.75 Å². The molecule has 0 saturated carbocycles. The number of methoxy groups -OCH3 is 1. The van der Waals surface area contributed by atoms with E-state index in [0.29, 0.717) is 17.0 Å². The van der Waals surface area contributed by atoms with Crippen molar-refractivity contribution >= 4 is 17.6 Å². The molecule has 3 amide bonds. The molecule has 23 heavy (non-hydrogen) atoms. The molecule has 2 rings (SSSR count). The van der Waals surface area contributed by atoms with Crippen molar-refractivity contribution in [2.75, 3.05) is 12.4 Å². The number of hydrazine groups is 1.